The molecule has 0 radical (unpaired) electrons. The molecule has 0 bridgehead atoms. The summed E-state index contributed by atoms with van der Waals surface area (Å²) < 4.78 is 4.99. The minimum atomic E-state index is -0.262. The number of carbonyl (C=O) groups is 1. The van der Waals surface area contributed by atoms with Crippen LogP contribution in [0, 0.1) is 0 Å². The molecule has 1 amide bonds. The quantitative estimate of drug-likeness (QED) is 0.915. The Hall–Kier alpha value is -1.53. The van der Waals surface area contributed by atoms with Gasteiger partial charge in [-0.1, -0.05) is 11.6 Å². The van der Waals surface area contributed by atoms with Gasteiger partial charge in [-0.2, -0.15) is 0 Å². The van der Waals surface area contributed by atoms with Gasteiger partial charge >= 0.3 is 6.09 Å². The summed E-state index contributed by atoms with van der Waals surface area (Å²) in [5.41, 5.74) is 6.52. The normalized spacial score (nSPS) is 15.3. The van der Waals surface area contributed by atoms with Crippen LogP contribution in [0.5, 0.6) is 0 Å². The van der Waals surface area contributed by atoms with Crippen molar-refractivity contribution in [2.45, 2.75) is 13.5 Å². The number of amides is 1. The van der Waals surface area contributed by atoms with E-state index < -0.39 is 0 Å². The fraction of sp³-hybridized carbons (Fsp3) is 0.538. The Balaban J connectivity index is 2.02. The topological polar surface area (TPSA) is 71.7 Å². The Kier molecular flexibility index (Phi) is 5.03. The van der Waals surface area contributed by atoms with E-state index in [0.717, 1.165) is 11.4 Å². The Morgan fingerprint density at radius 3 is 2.75 bits per heavy atom. The molecule has 2 rings (SSSR count). The lowest BCUT2D eigenvalue weighted by Gasteiger charge is -2.35. The zero-order valence-electron chi connectivity index (χ0n) is 11.5. The minimum absolute atomic E-state index is 0.262. The van der Waals surface area contributed by atoms with E-state index in [9.17, 15) is 4.79 Å². The third-order valence-electron chi connectivity index (χ3n) is 3.28. The van der Waals surface area contributed by atoms with Crippen molar-refractivity contribution in [2.24, 2.45) is 5.73 Å². The highest BCUT2D eigenvalue weighted by Gasteiger charge is 2.24. The first-order valence-electron chi connectivity index (χ1n) is 6.67. The Bertz CT molecular complexity index is 475. The van der Waals surface area contributed by atoms with Gasteiger partial charge < -0.3 is 20.3 Å². The molecule has 1 aliphatic heterocycles. The molecular weight excluding hydrogens is 280 g/mol. The van der Waals surface area contributed by atoms with E-state index in [-0.39, 0.29) is 6.09 Å². The Morgan fingerprint density at radius 2 is 2.15 bits per heavy atom. The van der Waals surface area contributed by atoms with Crippen LogP contribution in [0.3, 0.4) is 0 Å². The van der Waals surface area contributed by atoms with Crippen molar-refractivity contribution >= 4 is 23.5 Å². The van der Waals surface area contributed by atoms with Crippen molar-refractivity contribution in [3.05, 3.63) is 22.8 Å². The number of rotatable bonds is 3. The van der Waals surface area contributed by atoms with Gasteiger partial charge in [0, 0.05) is 38.9 Å². The maximum absolute atomic E-state index is 11.6. The zero-order valence-corrected chi connectivity index (χ0v) is 12.3. The zero-order chi connectivity index (χ0) is 14.5. The van der Waals surface area contributed by atoms with Crippen LogP contribution in [-0.2, 0) is 11.3 Å². The predicted octanol–water partition coefficient (Wildman–Crippen LogP) is 1.47. The molecule has 7 heteroatoms. The number of hydrogen-bond donors (Lipinski definition) is 1. The second kappa shape index (κ2) is 6.76. The summed E-state index contributed by atoms with van der Waals surface area (Å²) in [5, 5.41) is 0.597. The third kappa shape index (κ3) is 3.13. The fourth-order valence-electron chi connectivity index (χ4n) is 2.16. The van der Waals surface area contributed by atoms with Crippen molar-refractivity contribution in [3.63, 3.8) is 0 Å². The number of aromatic nitrogens is 1. The lowest BCUT2D eigenvalue weighted by atomic mass is 10.2. The number of anilines is 1. The van der Waals surface area contributed by atoms with Crippen LogP contribution in [0.15, 0.2) is 12.3 Å². The molecular formula is C13H19ClN4O2. The molecule has 0 saturated carbocycles. The number of nitrogens with two attached hydrogens (primary N) is 1. The first kappa shape index (κ1) is 14.9. The Labute approximate surface area is 123 Å². The van der Waals surface area contributed by atoms with Crippen LogP contribution in [0.1, 0.15) is 12.5 Å². The molecule has 0 unspecified atom stereocenters. The molecule has 6 nitrogen and oxygen atoms in total. The summed E-state index contributed by atoms with van der Waals surface area (Å²) in [7, 11) is 0. The highest BCUT2D eigenvalue weighted by atomic mass is 35.5. The van der Waals surface area contributed by atoms with Crippen LogP contribution < -0.4 is 10.6 Å². The minimum Gasteiger partial charge on any atom is -0.450 e. The molecule has 1 aliphatic rings. The van der Waals surface area contributed by atoms with Crippen molar-refractivity contribution < 1.29 is 9.53 Å². The molecule has 1 saturated heterocycles. The fourth-order valence-corrected chi connectivity index (χ4v) is 2.47. The number of nitrogens with zero attached hydrogens (tertiary/aromatic N) is 3. The second-order valence-electron chi connectivity index (χ2n) is 4.48. The van der Waals surface area contributed by atoms with Crippen LogP contribution in [0.4, 0.5) is 10.6 Å². The van der Waals surface area contributed by atoms with E-state index in [1.54, 1.807) is 18.0 Å². The van der Waals surface area contributed by atoms with Crippen molar-refractivity contribution in [1.29, 1.82) is 0 Å². The van der Waals surface area contributed by atoms with E-state index >= 15 is 0 Å². The molecule has 0 spiro atoms. The molecule has 0 aromatic carbocycles. The Morgan fingerprint density at radius 1 is 1.45 bits per heavy atom. The molecule has 20 heavy (non-hydrogen) atoms. The van der Waals surface area contributed by atoms with E-state index in [2.05, 4.69) is 9.88 Å². The lowest BCUT2D eigenvalue weighted by molar-refractivity contribution is 0.105. The monoisotopic (exact) mass is 298 g/mol. The summed E-state index contributed by atoms with van der Waals surface area (Å²) >= 11 is 6.30. The molecule has 1 aromatic heterocycles. The number of halogens is 1. The average molecular weight is 299 g/mol. The smallest absolute Gasteiger partial charge is 0.409 e. The number of ether oxygens (including phenoxy) is 1. The summed E-state index contributed by atoms with van der Waals surface area (Å²) in [5.74, 6) is 0.734. The number of carbonyl (C=O) groups excluding carboxylic acids is 1. The molecule has 2 heterocycles. The number of pyridine rings is 1. The standard InChI is InChI=1S/C13H19ClN4O2/c1-2-20-13(19)18-7-5-17(6-8-18)12-11(14)10(9-15)3-4-16-12/h3-4H,2,5-9,15H2,1H3. The van der Waals surface area contributed by atoms with Gasteiger partial charge in [0.1, 0.15) is 5.82 Å². The first-order valence-corrected chi connectivity index (χ1v) is 7.05. The summed E-state index contributed by atoms with van der Waals surface area (Å²) in [6.45, 7) is 5.14. The molecule has 2 N–H and O–H groups in total. The summed E-state index contributed by atoms with van der Waals surface area (Å²) in [6.07, 6.45) is 1.45. The van der Waals surface area contributed by atoms with E-state index in [1.165, 1.54) is 0 Å². The molecule has 1 fully saturated rings. The molecule has 0 atom stereocenters. The second-order valence-corrected chi connectivity index (χ2v) is 4.86. The SMILES string of the molecule is CCOC(=O)N1CCN(c2nccc(CN)c2Cl)CC1. The van der Waals surface area contributed by atoms with Gasteiger partial charge in [0.25, 0.3) is 0 Å². The van der Waals surface area contributed by atoms with Crippen molar-refractivity contribution in [1.82, 2.24) is 9.88 Å². The van der Waals surface area contributed by atoms with Gasteiger partial charge in [-0.3, -0.25) is 0 Å². The van der Waals surface area contributed by atoms with Gasteiger partial charge in [-0.15, -0.1) is 0 Å². The number of hydrogen-bond acceptors (Lipinski definition) is 5. The maximum atomic E-state index is 11.6. The van der Waals surface area contributed by atoms with E-state index in [0.29, 0.717) is 44.4 Å². The summed E-state index contributed by atoms with van der Waals surface area (Å²) in [4.78, 5) is 19.7. The van der Waals surface area contributed by atoms with Gasteiger partial charge in [0.15, 0.2) is 0 Å². The largest absolute Gasteiger partial charge is 0.450 e. The number of piperazine rings is 1. The van der Waals surface area contributed by atoms with Crippen LogP contribution in [0.2, 0.25) is 5.02 Å². The lowest BCUT2D eigenvalue weighted by Crippen LogP contribution is -2.49. The van der Waals surface area contributed by atoms with Gasteiger partial charge in [0.05, 0.1) is 11.6 Å². The van der Waals surface area contributed by atoms with Gasteiger partial charge in [-0.25, -0.2) is 9.78 Å². The third-order valence-corrected chi connectivity index (χ3v) is 3.69. The van der Waals surface area contributed by atoms with Crippen LogP contribution in [-0.4, -0.2) is 48.8 Å². The van der Waals surface area contributed by atoms with Crippen LogP contribution in [0.25, 0.3) is 0 Å². The van der Waals surface area contributed by atoms with Gasteiger partial charge in [0.2, 0.25) is 0 Å². The molecule has 110 valence electrons. The first-order chi connectivity index (χ1) is 9.67. The predicted molar refractivity (Wildman–Crippen MR) is 77.9 cm³/mol. The van der Waals surface area contributed by atoms with Crippen LogP contribution >= 0.6 is 11.6 Å². The molecule has 1 aromatic rings. The van der Waals surface area contributed by atoms with Gasteiger partial charge in [-0.05, 0) is 18.6 Å². The van der Waals surface area contributed by atoms with E-state index in [1.807, 2.05) is 6.07 Å². The van der Waals surface area contributed by atoms with E-state index in [4.69, 9.17) is 22.1 Å². The van der Waals surface area contributed by atoms with Crippen molar-refractivity contribution in [3.8, 4) is 0 Å². The highest BCUT2D eigenvalue weighted by Crippen LogP contribution is 2.27. The summed E-state index contributed by atoms with van der Waals surface area (Å²) in [6, 6.07) is 1.82. The molecule has 0 aliphatic carbocycles. The average Bonchev–Trinajstić information content (AvgIpc) is 2.48. The van der Waals surface area contributed by atoms with Crippen molar-refractivity contribution in [2.75, 3.05) is 37.7 Å². The highest BCUT2D eigenvalue weighted by molar-refractivity contribution is 6.33. The maximum Gasteiger partial charge on any atom is 0.409 e.